The van der Waals surface area contributed by atoms with Crippen molar-refractivity contribution in [2.24, 2.45) is 11.3 Å². The molecule has 2 aliphatic carbocycles. The highest BCUT2D eigenvalue weighted by molar-refractivity contribution is 6.30. The predicted octanol–water partition coefficient (Wildman–Crippen LogP) is 4.43. The van der Waals surface area contributed by atoms with E-state index in [1.165, 1.54) is 0 Å². The van der Waals surface area contributed by atoms with Crippen molar-refractivity contribution in [2.75, 3.05) is 0 Å². The SMILES string of the molecule is O=C(NCc1ccc(Cl)cc1)NC1CC2(C1)CC(C(O)c1ccccc1)C2. The van der Waals surface area contributed by atoms with E-state index in [0.29, 0.717) is 22.9 Å². The molecule has 142 valence electrons. The molecule has 3 N–H and O–H groups in total. The van der Waals surface area contributed by atoms with Crippen molar-refractivity contribution < 1.29 is 9.90 Å². The summed E-state index contributed by atoms with van der Waals surface area (Å²) < 4.78 is 0. The van der Waals surface area contributed by atoms with Crippen LogP contribution in [0, 0.1) is 11.3 Å². The van der Waals surface area contributed by atoms with Gasteiger partial charge in [-0.2, -0.15) is 0 Å². The van der Waals surface area contributed by atoms with Crippen LogP contribution in [0.5, 0.6) is 0 Å². The van der Waals surface area contributed by atoms with Crippen LogP contribution in [0.15, 0.2) is 54.6 Å². The maximum atomic E-state index is 12.1. The highest BCUT2D eigenvalue weighted by atomic mass is 35.5. The van der Waals surface area contributed by atoms with Gasteiger partial charge in [0.1, 0.15) is 0 Å². The third-order valence-corrected chi connectivity index (χ3v) is 6.29. The summed E-state index contributed by atoms with van der Waals surface area (Å²) in [4.78, 5) is 12.1. The van der Waals surface area contributed by atoms with Gasteiger partial charge in [-0.25, -0.2) is 4.79 Å². The zero-order valence-electron chi connectivity index (χ0n) is 15.2. The lowest BCUT2D eigenvalue weighted by atomic mass is 9.49. The normalized spacial score (nSPS) is 27.3. The van der Waals surface area contributed by atoms with Crippen molar-refractivity contribution in [1.29, 1.82) is 0 Å². The lowest BCUT2D eigenvalue weighted by Gasteiger charge is -2.58. The largest absolute Gasteiger partial charge is 0.388 e. The van der Waals surface area contributed by atoms with E-state index in [-0.39, 0.29) is 18.2 Å². The van der Waals surface area contributed by atoms with Crippen LogP contribution < -0.4 is 10.6 Å². The minimum Gasteiger partial charge on any atom is -0.388 e. The molecular weight excluding hydrogens is 360 g/mol. The zero-order valence-corrected chi connectivity index (χ0v) is 16.0. The molecule has 0 heterocycles. The molecule has 27 heavy (non-hydrogen) atoms. The van der Waals surface area contributed by atoms with Gasteiger partial charge in [-0.15, -0.1) is 0 Å². The molecule has 0 bridgehead atoms. The molecule has 2 aromatic rings. The van der Waals surface area contributed by atoms with Crippen molar-refractivity contribution in [3.8, 4) is 0 Å². The first-order valence-corrected chi connectivity index (χ1v) is 9.93. The lowest BCUT2D eigenvalue weighted by Crippen LogP contribution is -2.58. The van der Waals surface area contributed by atoms with Gasteiger partial charge in [-0.05, 0) is 60.3 Å². The third-order valence-electron chi connectivity index (χ3n) is 6.04. The van der Waals surface area contributed by atoms with Crippen LogP contribution in [-0.2, 0) is 6.54 Å². The Labute approximate surface area is 164 Å². The number of aliphatic hydroxyl groups excluding tert-OH is 1. The Bertz CT molecular complexity index is 780. The monoisotopic (exact) mass is 384 g/mol. The Kier molecular flexibility index (Phi) is 5.11. The van der Waals surface area contributed by atoms with E-state index in [0.717, 1.165) is 36.8 Å². The molecule has 2 aliphatic rings. The Morgan fingerprint density at radius 1 is 1.07 bits per heavy atom. The van der Waals surface area contributed by atoms with Gasteiger partial charge in [0.25, 0.3) is 0 Å². The van der Waals surface area contributed by atoms with E-state index in [1.54, 1.807) is 0 Å². The molecule has 1 unspecified atom stereocenters. The van der Waals surface area contributed by atoms with Crippen molar-refractivity contribution in [1.82, 2.24) is 10.6 Å². The van der Waals surface area contributed by atoms with Gasteiger partial charge in [-0.1, -0.05) is 54.1 Å². The number of amides is 2. The molecule has 5 heteroatoms. The second kappa shape index (κ2) is 7.53. The van der Waals surface area contributed by atoms with Crippen LogP contribution in [0.4, 0.5) is 4.79 Å². The first-order valence-electron chi connectivity index (χ1n) is 9.55. The maximum Gasteiger partial charge on any atom is 0.315 e. The molecular formula is C22H25ClN2O2. The fraction of sp³-hybridized carbons (Fsp3) is 0.409. The molecule has 2 aromatic carbocycles. The Morgan fingerprint density at radius 2 is 1.74 bits per heavy atom. The molecule has 2 saturated carbocycles. The van der Waals surface area contributed by atoms with E-state index in [1.807, 2.05) is 54.6 Å². The summed E-state index contributed by atoms with van der Waals surface area (Å²) in [6, 6.07) is 17.5. The molecule has 1 spiro atoms. The number of carbonyl (C=O) groups is 1. The number of nitrogens with one attached hydrogen (secondary N) is 2. The van der Waals surface area contributed by atoms with Crippen LogP contribution in [0.25, 0.3) is 0 Å². The van der Waals surface area contributed by atoms with E-state index < -0.39 is 0 Å². The number of hydrogen-bond donors (Lipinski definition) is 3. The number of halogens is 1. The summed E-state index contributed by atoms with van der Waals surface area (Å²) in [5.41, 5.74) is 2.36. The van der Waals surface area contributed by atoms with E-state index >= 15 is 0 Å². The molecule has 0 aromatic heterocycles. The summed E-state index contributed by atoms with van der Waals surface area (Å²) >= 11 is 5.86. The Morgan fingerprint density at radius 3 is 2.41 bits per heavy atom. The molecule has 0 saturated heterocycles. The average molecular weight is 385 g/mol. The van der Waals surface area contributed by atoms with Gasteiger partial charge in [0, 0.05) is 17.6 Å². The summed E-state index contributed by atoms with van der Waals surface area (Å²) in [7, 11) is 0. The number of carbonyl (C=O) groups excluding carboxylic acids is 1. The lowest BCUT2D eigenvalue weighted by molar-refractivity contribution is -0.0940. The molecule has 0 radical (unpaired) electrons. The first kappa shape index (κ1) is 18.3. The van der Waals surface area contributed by atoms with Gasteiger partial charge in [0.2, 0.25) is 0 Å². The Balaban J connectivity index is 1.17. The Hall–Kier alpha value is -2.04. The second-order valence-electron chi connectivity index (χ2n) is 8.08. The van der Waals surface area contributed by atoms with Crippen molar-refractivity contribution in [3.05, 3.63) is 70.7 Å². The fourth-order valence-electron chi connectivity index (χ4n) is 4.64. The molecule has 2 amide bonds. The number of urea groups is 1. The van der Waals surface area contributed by atoms with Gasteiger partial charge in [0.05, 0.1) is 6.10 Å². The summed E-state index contributed by atoms with van der Waals surface area (Å²) in [6.07, 6.45) is 3.76. The van der Waals surface area contributed by atoms with Crippen LogP contribution in [0.1, 0.15) is 42.9 Å². The molecule has 4 nitrogen and oxygen atoms in total. The topological polar surface area (TPSA) is 61.4 Å². The zero-order chi connectivity index (χ0) is 18.9. The van der Waals surface area contributed by atoms with Crippen LogP contribution >= 0.6 is 11.6 Å². The highest BCUT2D eigenvalue weighted by Gasteiger charge is 2.54. The minimum absolute atomic E-state index is 0.120. The molecule has 1 atom stereocenters. The van der Waals surface area contributed by atoms with Crippen LogP contribution in [-0.4, -0.2) is 17.2 Å². The number of rotatable bonds is 5. The van der Waals surface area contributed by atoms with E-state index in [2.05, 4.69) is 10.6 Å². The standard InChI is InChI=1S/C22H25ClN2O2/c23-18-8-6-15(7-9-18)14-24-21(27)25-19-12-22(13-19)10-17(11-22)20(26)16-4-2-1-3-5-16/h1-9,17,19-20,26H,10-14H2,(H2,24,25,27). The predicted molar refractivity (Wildman–Crippen MR) is 106 cm³/mol. The van der Waals surface area contributed by atoms with Crippen molar-refractivity contribution in [2.45, 2.75) is 44.4 Å². The second-order valence-corrected chi connectivity index (χ2v) is 8.52. The highest BCUT2D eigenvalue weighted by Crippen LogP contribution is 2.61. The molecule has 0 aliphatic heterocycles. The molecule has 2 fully saturated rings. The van der Waals surface area contributed by atoms with E-state index in [4.69, 9.17) is 11.6 Å². The maximum absolute atomic E-state index is 12.1. The minimum atomic E-state index is -0.369. The van der Waals surface area contributed by atoms with Crippen LogP contribution in [0.3, 0.4) is 0 Å². The number of aliphatic hydroxyl groups is 1. The van der Waals surface area contributed by atoms with Crippen molar-refractivity contribution >= 4 is 17.6 Å². The molecule has 4 rings (SSSR count). The third kappa shape index (κ3) is 4.12. The van der Waals surface area contributed by atoms with Gasteiger partial charge < -0.3 is 15.7 Å². The first-order chi connectivity index (χ1) is 13.0. The fourth-order valence-corrected chi connectivity index (χ4v) is 4.77. The summed E-state index contributed by atoms with van der Waals surface area (Å²) in [5, 5.41) is 17.2. The van der Waals surface area contributed by atoms with Crippen molar-refractivity contribution in [3.63, 3.8) is 0 Å². The average Bonchev–Trinajstić information content (AvgIpc) is 2.62. The number of hydrogen-bond acceptors (Lipinski definition) is 2. The van der Waals surface area contributed by atoms with Crippen LogP contribution in [0.2, 0.25) is 5.02 Å². The quantitative estimate of drug-likeness (QED) is 0.714. The van der Waals surface area contributed by atoms with Gasteiger partial charge in [-0.3, -0.25) is 0 Å². The van der Waals surface area contributed by atoms with Gasteiger partial charge in [0.15, 0.2) is 0 Å². The number of benzene rings is 2. The summed E-state index contributed by atoms with van der Waals surface area (Å²) in [6.45, 7) is 0.492. The smallest absolute Gasteiger partial charge is 0.315 e. The summed E-state index contributed by atoms with van der Waals surface area (Å²) in [5.74, 6) is 0.340. The van der Waals surface area contributed by atoms with Gasteiger partial charge >= 0.3 is 6.03 Å². The van der Waals surface area contributed by atoms with E-state index in [9.17, 15) is 9.90 Å².